The van der Waals surface area contributed by atoms with Crippen molar-refractivity contribution in [1.82, 2.24) is 14.5 Å². The highest BCUT2D eigenvalue weighted by Gasteiger charge is 2.43. The molecule has 2 fully saturated rings. The van der Waals surface area contributed by atoms with E-state index < -0.39 is 42.4 Å². The number of aromatic nitrogens is 2. The summed E-state index contributed by atoms with van der Waals surface area (Å²) < 4.78 is 6.08. The number of ether oxygens (including phenoxy) is 1. The summed E-state index contributed by atoms with van der Waals surface area (Å²) >= 11 is 0. The van der Waals surface area contributed by atoms with E-state index in [4.69, 9.17) is 15.6 Å². The molecule has 2 amide bonds. The predicted octanol–water partition coefficient (Wildman–Crippen LogP) is -2.98. The zero-order chi connectivity index (χ0) is 21.6. The maximum atomic E-state index is 11.4. The normalized spacial score (nSPS) is 25.3. The van der Waals surface area contributed by atoms with Crippen LogP contribution in [-0.4, -0.2) is 79.6 Å². The number of primary amides is 1. The molecule has 0 spiro atoms. The molecule has 0 aliphatic carbocycles. The van der Waals surface area contributed by atoms with E-state index in [-0.39, 0.29) is 11.8 Å². The number of amides is 2. The third kappa shape index (κ3) is 6.49. The summed E-state index contributed by atoms with van der Waals surface area (Å²) in [5, 5.41) is 28.1. The summed E-state index contributed by atoms with van der Waals surface area (Å²) in [7, 11) is 0. The zero-order valence-corrected chi connectivity index (χ0v) is 15.8. The summed E-state index contributed by atoms with van der Waals surface area (Å²) in [6.45, 7) is 1.34. The average Bonchev–Trinajstić information content (AvgIpc) is 3.48. The fourth-order valence-electron chi connectivity index (χ4n) is 2.77. The minimum Gasteiger partial charge on any atom is -0.394 e. The molecule has 0 saturated carbocycles. The van der Waals surface area contributed by atoms with Crippen molar-refractivity contribution in [1.29, 1.82) is 0 Å². The number of aliphatic hydroxyl groups is 3. The highest BCUT2D eigenvalue weighted by molar-refractivity contribution is 5.78. The minimum atomic E-state index is -1.35. The number of rotatable bonds is 7. The SMILES string of the molecule is NC(=O)CCCCC(=O)N1CC1.O=c1ccn([C@@H]2O[C@H](CO)[C@@H](O)[C@H]2O)c(=O)[nH]1. The van der Waals surface area contributed by atoms with Crippen LogP contribution in [0, 0.1) is 0 Å². The first-order valence-electron chi connectivity index (χ1n) is 9.24. The van der Waals surface area contributed by atoms with Crippen molar-refractivity contribution in [2.24, 2.45) is 5.73 Å². The summed E-state index contributed by atoms with van der Waals surface area (Å²) in [4.78, 5) is 47.5. The molecule has 3 heterocycles. The van der Waals surface area contributed by atoms with E-state index in [1.165, 1.54) is 0 Å². The summed E-state index contributed by atoms with van der Waals surface area (Å²) in [6, 6.07) is 1.09. The van der Waals surface area contributed by atoms with Crippen LogP contribution in [0.25, 0.3) is 0 Å². The van der Waals surface area contributed by atoms with Gasteiger partial charge in [-0.25, -0.2) is 4.79 Å². The molecule has 1 aromatic rings. The van der Waals surface area contributed by atoms with Gasteiger partial charge in [-0.15, -0.1) is 0 Å². The van der Waals surface area contributed by atoms with Gasteiger partial charge in [0.25, 0.3) is 5.56 Å². The second kappa shape index (κ2) is 10.3. The van der Waals surface area contributed by atoms with Gasteiger partial charge in [-0.3, -0.25) is 23.9 Å². The largest absolute Gasteiger partial charge is 0.394 e. The van der Waals surface area contributed by atoms with E-state index >= 15 is 0 Å². The maximum Gasteiger partial charge on any atom is 0.330 e. The van der Waals surface area contributed by atoms with Crippen LogP contribution < -0.4 is 17.0 Å². The number of nitrogens with two attached hydrogens (primary N) is 1. The Balaban J connectivity index is 0.000000221. The first-order chi connectivity index (χ1) is 13.7. The number of hydrogen-bond donors (Lipinski definition) is 5. The fraction of sp³-hybridized carbons (Fsp3) is 0.647. The molecule has 12 nitrogen and oxygen atoms in total. The Hall–Kier alpha value is -2.54. The van der Waals surface area contributed by atoms with E-state index in [1.807, 2.05) is 4.98 Å². The van der Waals surface area contributed by atoms with Crippen LogP contribution in [0.15, 0.2) is 21.9 Å². The molecule has 0 unspecified atom stereocenters. The van der Waals surface area contributed by atoms with Crippen LogP contribution in [0.2, 0.25) is 0 Å². The smallest absolute Gasteiger partial charge is 0.330 e. The topological polar surface area (TPSA) is 188 Å². The molecule has 162 valence electrons. The molecular weight excluding hydrogens is 388 g/mol. The van der Waals surface area contributed by atoms with Gasteiger partial charge in [0.1, 0.15) is 18.3 Å². The van der Waals surface area contributed by atoms with Gasteiger partial charge in [0.05, 0.1) is 6.61 Å². The summed E-state index contributed by atoms with van der Waals surface area (Å²) in [6.07, 6.45) is -1.12. The number of aromatic amines is 1. The van der Waals surface area contributed by atoms with Crippen LogP contribution in [0.4, 0.5) is 0 Å². The number of nitrogens with zero attached hydrogens (tertiary/aromatic N) is 2. The van der Waals surface area contributed by atoms with Gasteiger partial charge in [0, 0.05) is 38.2 Å². The fourth-order valence-corrected chi connectivity index (χ4v) is 2.77. The molecule has 4 atom stereocenters. The van der Waals surface area contributed by atoms with Crippen LogP contribution in [0.3, 0.4) is 0 Å². The van der Waals surface area contributed by atoms with Crippen molar-refractivity contribution in [3.05, 3.63) is 33.1 Å². The van der Waals surface area contributed by atoms with Crippen molar-refractivity contribution < 1.29 is 29.6 Å². The van der Waals surface area contributed by atoms with Crippen molar-refractivity contribution in [2.45, 2.75) is 50.2 Å². The quantitative estimate of drug-likeness (QED) is 0.231. The molecule has 12 heteroatoms. The second-order valence-electron chi connectivity index (χ2n) is 6.80. The molecule has 2 aliphatic rings. The van der Waals surface area contributed by atoms with Crippen LogP contribution in [0.1, 0.15) is 31.9 Å². The molecule has 3 rings (SSSR count). The van der Waals surface area contributed by atoms with Crippen molar-refractivity contribution in [2.75, 3.05) is 19.7 Å². The molecule has 2 aliphatic heterocycles. The minimum absolute atomic E-state index is 0.208. The first kappa shape index (κ1) is 22.7. The molecule has 0 radical (unpaired) electrons. The standard InChI is InChI=1S/C9H12N2O6.C8H14N2O2/c12-3-4-6(14)7(15)8(17-4)11-2-1-5(13)10-9(11)16;9-7(11)3-1-2-4-8(12)10-5-6-10/h1-2,4,6-8,12,14-15H,3H2,(H,10,13,16);1-6H2,(H2,9,11)/t4-,6-,7-,8-;/m1./s1. The Morgan fingerprint density at radius 2 is 1.83 bits per heavy atom. The van der Waals surface area contributed by atoms with Gasteiger partial charge in [-0.05, 0) is 12.8 Å². The number of carbonyl (C=O) groups excluding carboxylic acids is 2. The molecule has 1 aromatic heterocycles. The number of hydrogen-bond acceptors (Lipinski definition) is 8. The van der Waals surface area contributed by atoms with Crippen molar-refractivity contribution in [3.8, 4) is 0 Å². The number of carbonyl (C=O) groups is 2. The van der Waals surface area contributed by atoms with Gasteiger partial charge < -0.3 is 30.7 Å². The van der Waals surface area contributed by atoms with E-state index in [1.54, 1.807) is 4.90 Å². The third-order valence-electron chi connectivity index (χ3n) is 4.51. The van der Waals surface area contributed by atoms with Crippen molar-refractivity contribution >= 4 is 11.8 Å². The Kier molecular flexibility index (Phi) is 8.08. The van der Waals surface area contributed by atoms with E-state index in [0.29, 0.717) is 12.8 Å². The first-order valence-corrected chi connectivity index (χ1v) is 9.24. The Bertz CT molecular complexity index is 818. The molecule has 0 aromatic carbocycles. The Morgan fingerprint density at radius 3 is 2.34 bits per heavy atom. The lowest BCUT2D eigenvalue weighted by Gasteiger charge is -2.16. The molecule has 29 heavy (non-hydrogen) atoms. The summed E-state index contributed by atoms with van der Waals surface area (Å²) in [5.74, 6) is -0.0753. The number of aliphatic hydroxyl groups excluding tert-OH is 3. The number of H-pyrrole nitrogens is 1. The number of nitrogens with one attached hydrogen (secondary N) is 1. The highest BCUT2D eigenvalue weighted by Crippen LogP contribution is 2.27. The molecule has 0 bridgehead atoms. The van der Waals surface area contributed by atoms with Gasteiger partial charge in [0.15, 0.2) is 6.23 Å². The average molecular weight is 414 g/mol. The predicted molar refractivity (Wildman–Crippen MR) is 98.6 cm³/mol. The molecule has 2 saturated heterocycles. The number of unbranched alkanes of at least 4 members (excludes halogenated alkanes) is 1. The van der Waals surface area contributed by atoms with Gasteiger partial charge in [0.2, 0.25) is 11.8 Å². The maximum absolute atomic E-state index is 11.4. The van der Waals surface area contributed by atoms with Crippen LogP contribution in [-0.2, 0) is 14.3 Å². The lowest BCUT2D eigenvalue weighted by atomic mass is 10.1. The lowest BCUT2D eigenvalue weighted by Crippen LogP contribution is -2.37. The monoisotopic (exact) mass is 414 g/mol. The third-order valence-corrected chi connectivity index (χ3v) is 4.51. The Morgan fingerprint density at radius 1 is 1.17 bits per heavy atom. The van der Waals surface area contributed by atoms with Crippen LogP contribution >= 0.6 is 0 Å². The van der Waals surface area contributed by atoms with Gasteiger partial charge in [-0.2, -0.15) is 0 Å². The summed E-state index contributed by atoms with van der Waals surface area (Å²) in [5.41, 5.74) is 3.62. The van der Waals surface area contributed by atoms with E-state index in [2.05, 4.69) is 0 Å². The molecular formula is C17H26N4O8. The molecule has 6 N–H and O–H groups in total. The highest BCUT2D eigenvalue weighted by atomic mass is 16.6. The van der Waals surface area contributed by atoms with Gasteiger partial charge >= 0.3 is 5.69 Å². The second-order valence-corrected chi connectivity index (χ2v) is 6.80. The van der Waals surface area contributed by atoms with E-state index in [0.717, 1.165) is 42.8 Å². The zero-order valence-electron chi connectivity index (χ0n) is 15.8. The van der Waals surface area contributed by atoms with E-state index in [9.17, 15) is 29.4 Å². The lowest BCUT2D eigenvalue weighted by molar-refractivity contribution is -0.126. The Labute approximate surface area is 165 Å². The van der Waals surface area contributed by atoms with Crippen molar-refractivity contribution in [3.63, 3.8) is 0 Å². The van der Waals surface area contributed by atoms with Gasteiger partial charge in [-0.1, -0.05) is 0 Å². The van der Waals surface area contributed by atoms with Crippen LogP contribution in [0.5, 0.6) is 0 Å².